The molecule has 0 aliphatic carbocycles. The fourth-order valence-electron chi connectivity index (χ4n) is 1.71. The first-order valence-corrected chi connectivity index (χ1v) is 7.56. The first-order valence-electron chi connectivity index (χ1n) is 5.63. The lowest BCUT2D eigenvalue weighted by molar-refractivity contribution is 0.0416. The Hall–Kier alpha value is -0.620. The van der Waals surface area contributed by atoms with Gasteiger partial charge in [0, 0.05) is 5.54 Å². The van der Waals surface area contributed by atoms with Crippen molar-refractivity contribution < 1.29 is 13.2 Å². The maximum Gasteiger partial charge on any atom is 0.187 e. The number of ether oxygens (including phenoxy) is 1. The number of sulfone groups is 1. The van der Waals surface area contributed by atoms with Crippen molar-refractivity contribution >= 4 is 21.4 Å². The third-order valence-electron chi connectivity index (χ3n) is 3.03. The first kappa shape index (κ1) is 13.8. The highest BCUT2D eigenvalue weighted by Gasteiger charge is 2.35. The van der Waals surface area contributed by atoms with Crippen molar-refractivity contribution in [1.82, 2.24) is 0 Å². The number of nitrogens with two attached hydrogens (primary N) is 1. The van der Waals surface area contributed by atoms with E-state index in [4.69, 9.17) is 22.1 Å². The minimum absolute atomic E-state index is 0.158. The van der Waals surface area contributed by atoms with E-state index in [1.54, 1.807) is 12.1 Å². The molecule has 1 aliphatic rings. The van der Waals surface area contributed by atoms with Crippen molar-refractivity contribution in [2.75, 3.05) is 13.2 Å². The molecule has 0 aromatic heterocycles. The Morgan fingerprint density at radius 3 is 2.39 bits per heavy atom. The molecule has 1 aliphatic heterocycles. The average Bonchev–Trinajstić information content (AvgIpc) is 2.11. The number of rotatable bonds is 3. The van der Waals surface area contributed by atoms with Crippen molar-refractivity contribution in [1.29, 1.82) is 0 Å². The molecule has 0 radical (unpaired) electrons. The van der Waals surface area contributed by atoms with Gasteiger partial charge >= 0.3 is 0 Å². The second kappa shape index (κ2) is 4.49. The van der Waals surface area contributed by atoms with Crippen LogP contribution in [0.5, 0.6) is 0 Å². The van der Waals surface area contributed by atoms with Gasteiger partial charge in [0.1, 0.15) is 5.25 Å². The highest BCUT2D eigenvalue weighted by Crippen LogP contribution is 2.30. The molecule has 1 heterocycles. The second-order valence-electron chi connectivity index (χ2n) is 5.07. The van der Waals surface area contributed by atoms with E-state index in [9.17, 15) is 8.42 Å². The summed E-state index contributed by atoms with van der Waals surface area (Å²) in [7, 11) is -3.39. The summed E-state index contributed by atoms with van der Waals surface area (Å²) in [6.07, 6.45) is 0. The van der Waals surface area contributed by atoms with Gasteiger partial charge in [0.15, 0.2) is 9.84 Å². The Labute approximate surface area is 112 Å². The zero-order chi connectivity index (χ0) is 13.6. The largest absolute Gasteiger partial charge is 0.379 e. The van der Waals surface area contributed by atoms with E-state index < -0.39 is 20.6 Å². The predicted octanol–water partition coefficient (Wildman–Crippen LogP) is 1.71. The molecule has 0 spiro atoms. The van der Waals surface area contributed by atoms with Crippen LogP contribution < -0.4 is 5.73 Å². The molecule has 0 saturated carbocycles. The molecule has 4 nitrogen and oxygen atoms in total. The molecule has 0 atom stereocenters. The quantitative estimate of drug-likeness (QED) is 0.920. The van der Waals surface area contributed by atoms with Gasteiger partial charge in [-0.05, 0) is 31.5 Å². The minimum atomic E-state index is -3.39. The van der Waals surface area contributed by atoms with Crippen LogP contribution >= 0.6 is 11.6 Å². The van der Waals surface area contributed by atoms with Crippen LogP contribution in [-0.2, 0) is 20.1 Å². The Morgan fingerprint density at radius 1 is 1.39 bits per heavy atom. The van der Waals surface area contributed by atoms with Crippen LogP contribution in [-0.4, -0.2) is 26.9 Å². The molecular formula is C12H16ClNO3S. The van der Waals surface area contributed by atoms with Crippen LogP contribution in [0.15, 0.2) is 23.1 Å². The Bertz CT molecular complexity index is 559. The zero-order valence-electron chi connectivity index (χ0n) is 10.3. The van der Waals surface area contributed by atoms with Crippen molar-refractivity contribution in [3.63, 3.8) is 0 Å². The average molecular weight is 290 g/mol. The van der Waals surface area contributed by atoms with Crippen LogP contribution in [0.25, 0.3) is 0 Å². The molecule has 18 heavy (non-hydrogen) atoms. The van der Waals surface area contributed by atoms with E-state index in [1.165, 1.54) is 6.07 Å². The molecule has 0 amide bonds. The van der Waals surface area contributed by atoms with Crippen molar-refractivity contribution in [2.45, 2.75) is 29.5 Å². The van der Waals surface area contributed by atoms with E-state index in [2.05, 4.69) is 0 Å². The SMILES string of the molecule is CC(C)(N)c1ccc(S(=O)(=O)C2COC2)c(Cl)c1. The first-order chi connectivity index (χ1) is 8.23. The van der Waals surface area contributed by atoms with Gasteiger partial charge < -0.3 is 10.5 Å². The normalized spacial score (nSPS) is 17.6. The molecule has 1 fully saturated rings. The van der Waals surface area contributed by atoms with Gasteiger partial charge in [-0.15, -0.1) is 0 Å². The summed E-state index contributed by atoms with van der Waals surface area (Å²) >= 11 is 6.07. The molecule has 2 N–H and O–H groups in total. The zero-order valence-corrected chi connectivity index (χ0v) is 11.9. The van der Waals surface area contributed by atoms with Gasteiger partial charge in [-0.2, -0.15) is 0 Å². The van der Waals surface area contributed by atoms with Gasteiger partial charge in [-0.3, -0.25) is 0 Å². The summed E-state index contributed by atoms with van der Waals surface area (Å²) in [5.41, 5.74) is 6.21. The molecule has 0 bridgehead atoms. The van der Waals surface area contributed by atoms with Gasteiger partial charge in [-0.1, -0.05) is 17.7 Å². The molecule has 1 aromatic carbocycles. The smallest absolute Gasteiger partial charge is 0.187 e. The van der Waals surface area contributed by atoms with Crippen LogP contribution in [0, 0.1) is 0 Å². The number of hydrogen-bond acceptors (Lipinski definition) is 4. The lowest BCUT2D eigenvalue weighted by Gasteiger charge is -2.26. The van der Waals surface area contributed by atoms with Crippen LogP contribution in [0.3, 0.4) is 0 Å². The molecule has 1 aromatic rings. The minimum Gasteiger partial charge on any atom is -0.379 e. The standard InChI is InChI=1S/C12H16ClNO3S/c1-12(2,14)8-3-4-11(10(13)5-8)18(15,16)9-6-17-7-9/h3-5,9H,6-7,14H2,1-2H3. The maximum absolute atomic E-state index is 12.2. The highest BCUT2D eigenvalue weighted by atomic mass is 35.5. The van der Waals surface area contributed by atoms with Gasteiger partial charge in [-0.25, -0.2) is 8.42 Å². The third kappa shape index (κ3) is 2.40. The fraction of sp³-hybridized carbons (Fsp3) is 0.500. The van der Waals surface area contributed by atoms with E-state index in [0.29, 0.717) is 0 Å². The Morgan fingerprint density at radius 2 is 2.00 bits per heavy atom. The van der Waals surface area contributed by atoms with Crippen molar-refractivity contribution in [3.8, 4) is 0 Å². The summed E-state index contributed by atoms with van der Waals surface area (Å²) in [6, 6.07) is 4.85. The number of benzene rings is 1. The van der Waals surface area contributed by atoms with E-state index in [1.807, 2.05) is 13.8 Å². The predicted molar refractivity (Wildman–Crippen MR) is 70.5 cm³/mol. The second-order valence-corrected chi connectivity index (χ2v) is 7.68. The summed E-state index contributed by atoms with van der Waals surface area (Å²) in [5.74, 6) is 0. The molecular weight excluding hydrogens is 274 g/mol. The number of hydrogen-bond donors (Lipinski definition) is 1. The van der Waals surface area contributed by atoms with Gasteiger partial charge in [0.05, 0.1) is 23.1 Å². The topological polar surface area (TPSA) is 69.4 Å². The number of halogens is 1. The van der Waals surface area contributed by atoms with E-state index in [0.717, 1.165) is 5.56 Å². The highest BCUT2D eigenvalue weighted by molar-refractivity contribution is 7.92. The summed E-state index contributed by atoms with van der Waals surface area (Å²) in [6.45, 7) is 4.16. The van der Waals surface area contributed by atoms with Crippen LogP contribution in [0.1, 0.15) is 19.4 Å². The third-order valence-corrected chi connectivity index (χ3v) is 5.57. The van der Waals surface area contributed by atoms with Crippen LogP contribution in [0.2, 0.25) is 5.02 Å². The fourth-order valence-corrected chi connectivity index (χ4v) is 3.71. The van der Waals surface area contributed by atoms with E-state index in [-0.39, 0.29) is 23.1 Å². The molecule has 2 rings (SSSR count). The Balaban J connectivity index is 2.42. The van der Waals surface area contributed by atoms with Gasteiger partial charge in [0.2, 0.25) is 0 Å². The monoisotopic (exact) mass is 289 g/mol. The maximum atomic E-state index is 12.2. The van der Waals surface area contributed by atoms with Crippen LogP contribution in [0.4, 0.5) is 0 Å². The summed E-state index contributed by atoms with van der Waals surface area (Å²) < 4.78 is 29.3. The van der Waals surface area contributed by atoms with Crippen molar-refractivity contribution in [3.05, 3.63) is 28.8 Å². The summed E-state index contributed by atoms with van der Waals surface area (Å²) in [4.78, 5) is 0.158. The summed E-state index contributed by atoms with van der Waals surface area (Å²) in [5, 5.41) is -0.260. The lowest BCUT2D eigenvalue weighted by Crippen LogP contribution is -2.40. The molecule has 1 saturated heterocycles. The van der Waals surface area contributed by atoms with E-state index >= 15 is 0 Å². The van der Waals surface area contributed by atoms with Crippen molar-refractivity contribution in [2.24, 2.45) is 5.73 Å². The Kier molecular flexibility index (Phi) is 3.44. The molecule has 100 valence electrons. The lowest BCUT2D eigenvalue weighted by atomic mass is 9.96. The van der Waals surface area contributed by atoms with Gasteiger partial charge in [0.25, 0.3) is 0 Å². The molecule has 0 unspecified atom stereocenters. The molecule has 6 heteroatoms.